The molecule has 0 heterocycles. The van der Waals surface area contributed by atoms with Gasteiger partial charge in [0.15, 0.2) is 0 Å². The van der Waals surface area contributed by atoms with Crippen LogP contribution in [0.4, 0.5) is 0 Å². The van der Waals surface area contributed by atoms with Gasteiger partial charge in [0.1, 0.15) is 5.75 Å². The van der Waals surface area contributed by atoms with Crippen LogP contribution in [0.15, 0.2) is 18.2 Å². The van der Waals surface area contributed by atoms with Crippen molar-refractivity contribution < 1.29 is 5.11 Å². The van der Waals surface area contributed by atoms with Crippen LogP contribution in [0.25, 0.3) is 0 Å². The largest absolute Gasteiger partial charge is 0.506 e. The maximum absolute atomic E-state index is 9.40. The van der Waals surface area contributed by atoms with Crippen molar-refractivity contribution in [2.24, 2.45) is 5.92 Å². The van der Waals surface area contributed by atoms with Gasteiger partial charge in [-0.2, -0.15) is 0 Å². The molecule has 0 spiro atoms. The monoisotopic (exact) mass is 281 g/mol. The second kappa shape index (κ2) is 7.16. The van der Waals surface area contributed by atoms with Crippen LogP contribution in [0, 0.1) is 5.92 Å². The fourth-order valence-electron chi connectivity index (χ4n) is 2.92. The Morgan fingerprint density at radius 2 is 1.95 bits per heavy atom. The maximum Gasteiger partial charge on any atom is 0.134 e. The SMILES string of the molecule is C[C@H](NCc1ccc(O)c(Cl)c1)C1CCCCCC1. The van der Waals surface area contributed by atoms with Crippen molar-refractivity contribution in [1.82, 2.24) is 5.32 Å². The van der Waals surface area contributed by atoms with E-state index in [-0.39, 0.29) is 5.75 Å². The molecule has 1 aliphatic rings. The highest BCUT2D eigenvalue weighted by Gasteiger charge is 2.18. The molecule has 1 aromatic carbocycles. The Bertz CT molecular complexity index is 400. The molecular formula is C16H24ClNO. The third-order valence-corrected chi connectivity index (χ3v) is 4.55. The van der Waals surface area contributed by atoms with Gasteiger partial charge >= 0.3 is 0 Å². The molecule has 0 aliphatic heterocycles. The fraction of sp³-hybridized carbons (Fsp3) is 0.625. The molecule has 1 aliphatic carbocycles. The predicted octanol–water partition coefficient (Wildman–Crippen LogP) is 4.49. The smallest absolute Gasteiger partial charge is 0.134 e. The van der Waals surface area contributed by atoms with E-state index in [4.69, 9.17) is 11.6 Å². The second-order valence-electron chi connectivity index (χ2n) is 5.71. The summed E-state index contributed by atoms with van der Waals surface area (Å²) < 4.78 is 0. The molecule has 2 rings (SSSR count). The topological polar surface area (TPSA) is 32.3 Å². The van der Waals surface area contributed by atoms with Gasteiger partial charge in [-0.1, -0.05) is 43.4 Å². The van der Waals surface area contributed by atoms with Gasteiger partial charge in [-0.05, 0) is 43.4 Å². The number of rotatable bonds is 4. The molecular weight excluding hydrogens is 258 g/mol. The van der Waals surface area contributed by atoms with Crippen LogP contribution in [0.5, 0.6) is 5.75 Å². The summed E-state index contributed by atoms with van der Waals surface area (Å²) in [6.45, 7) is 3.11. The van der Waals surface area contributed by atoms with Crippen molar-refractivity contribution in [2.75, 3.05) is 0 Å². The molecule has 1 saturated carbocycles. The first-order valence-corrected chi connectivity index (χ1v) is 7.75. The lowest BCUT2D eigenvalue weighted by molar-refractivity contribution is 0.336. The van der Waals surface area contributed by atoms with E-state index in [2.05, 4.69) is 12.2 Å². The number of benzene rings is 1. The Morgan fingerprint density at radius 1 is 1.26 bits per heavy atom. The Kier molecular flexibility index (Phi) is 5.53. The van der Waals surface area contributed by atoms with Crippen molar-refractivity contribution in [2.45, 2.75) is 58.0 Å². The van der Waals surface area contributed by atoms with Crippen LogP contribution in [-0.2, 0) is 6.54 Å². The number of aromatic hydroxyl groups is 1. The zero-order valence-electron chi connectivity index (χ0n) is 11.7. The third kappa shape index (κ3) is 4.39. The molecule has 2 nitrogen and oxygen atoms in total. The average molecular weight is 282 g/mol. The minimum Gasteiger partial charge on any atom is -0.506 e. The van der Waals surface area contributed by atoms with E-state index in [0.29, 0.717) is 11.1 Å². The minimum atomic E-state index is 0.155. The molecule has 106 valence electrons. The molecule has 2 N–H and O–H groups in total. The van der Waals surface area contributed by atoms with Gasteiger partial charge in [-0.3, -0.25) is 0 Å². The molecule has 1 atom stereocenters. The molecule has 0 amide bonds. The highest BCUT2D eigenvalue weighted by Crippen LogP contribution is 2.26. The standard InChI is InChI=1S/C16H24ClNO/c1-12(14-6-4-2-3-5-7-14)18-11-13-8-9-16(19)15(17)10-13/h8-10,12,14,18-19H,2-7,11H2,1H3/t12-/m0/s1. The molecule has 0 unspecified atom stereocenters. The quantitative estimate of drug-likeness (QED) is 0.797. The summed E-state index contributed by atoms with van der Waals surface area (Å²) in [5.41, 5.74) is 1.13. The number of hydrogen-bond donors (Lipinski definition) is 2. The Hall–Kier alpha value is -0.730. The second-order valence-corrected chi connectivity index (χ2v) is 6.11. The lowest BCUT2D eigenvalue weighted by atomic mass is 9.93. The lowest BCUT2D eigenvalue weighted by Gasteiger charge is -2.23. The van der Waals surface area contributed by atoms with Gasteiger partial charge in [0.05, 0.1) is 5.02 Å². The summed E-state index contributed by atoms with van der Waals surface area (Å²) in [4.78, 5) is 0. The highest BCUT2D eigenvalue weighted by atomic mass is 35.5. The first-order valence-electron chi connectivity index (χ1n) is 7.37. The molecule has 1 fully saturated rings. The normalized spacial score (nSPS) is 19.1. The molecule has 0 radical (unpaired) electrons. The van der Waals surface area contributed by atoms with Gasteiger partial charge in [-0.25, -0.2) is 0 Å². The molecule has 0 saturated heterocycles. The van der Waals surface area contributed by atoms with Crippen molar-refractivity contribution in [3.63, 3.8) is 0 Å². The predicted molar refractivity (Wildman–Crippen MR) is 80.6 cm³/mol. The van der Waals surface area contributed by atoms with E-state index in [1.165, 1.54) is 38.5 Å². The van der Waals surface area contributed by atoms with Gasteiger partial charge in [0.25, 0.3) is 0 Å². The van der Waals surface area contributed by atoms with Gasteiger partial charge < -0.3 is 10.4 Å². The Balaban J connectivity index is 1.84. The van der Waals surface area contributed by atoms with E-state index in [1.807, 2.05) is 12.1 Å². The molecule has 3 heteroatoms. The van der Waals surface area contributed by atoms with Crippen molar-refractivity contribution in [3.8, 4) is 5.75 Å². The number of phenols is 1. The van der Waals surface area contributed by atoms with Crippen LogP contribution >= 0.6 is 11.6 Å². The first kappa shape index (κ1) is 14.7. The number of nitrogens with one attached hydrogen (secondary N) is 1. The summed E-state index contributed by atoms with van der Waals surface area (Å²) in [6, 6.07) is 5.97. The van der Waals surface area contributed by atoms with E-state index in [9.17, 15) is 5.11 Å². The van der Waals surface area contributed by atoms with E-state index < -0.39 is 0 Å². The summed E-state index contributed by atoms with van der Waals surface area (Å²) in [7, 11) is 0. The highest BCUT2D eigenvalue weighted by molar-refractivity contribution is 6.32. The van der Waals surface area contributed by atoms with Gasteiger partial charge in [-0.15, -0.1) is 0 Å². The molecule has 19 heavy (non-hydrogen) atoms. The van der Waals surface area contributed by atoms with Crippen molar-refractivity contribution in [3.05, 3.63) is 28.8 Å². The van der Waals surface area contributed by atoms with Gasteiger partial charge in [0, 0.05) is 12.6 Å². The van der Waals surface area contributed by atoms with Crippen LogP contribution in [0.1, 0.15) is 51.0 Å². The van der Waals surface area contributed by atoms with Crippen molar-refractivity contribution in [1.29, 1.82) is 0 Å². The lowest BCUT2D eigenvalue weighted by Crippen LogP contribution is -2.32. The molecule has 0 bridgehead atoms. The van der Waals surface area contributed by atoms with Crippen LogP contribution in [0.2, 0.25) is 5.02 Å². The van der Waals surface area contributed by atoms with Crippen LogP contribution in [-0.4, -0.2) is 11.1 Å². The van der Waals surface area contributed by atoms with Crippen molar-refractivity contribution >= 4 is 11.6 Å². The molecule has 1 aromatic rings. The Morgan fingerprint density at radius 3 is 2.58 bits per heavy atom. The maximum atomic E-state index is 9.40. The minimum absolute atomic E-state index is 0.155. The van der Waals surface area contributed by atoms with Crippen LogP contribution < -0.4 is 5.32 Å². The first-order chi connectivity index (χ1) is 9.16. The number of halogens is 1. The number of phenolic OH excluding ortho intramolecular Hbond substituents is 1. The molecule has 0 aromatic heterocycles. The van der Waals surface area contributed by atoms with Crippen LogP contribution in [0.3, 0.4) is 0 Å². The van der Waals surface area contributed by atoms with E-state index in [0.717, 1.165) is 18.0 Å². The zero-order valence-corrected chi connectivity index (χ0v) is 12.4. The van der Waals surface area contributed by atoms with Gasteiger partial charge in [0.2, 0.25) is 0 Å². The zero-order chi connectivity index (χ0) is 13.7. The summed E-state index contributed by atoms with van der Waals surface area (Å²) in [5, 5.41) is 13.4. The average Bonchev–Trinajstić information content (AvgIpc) is 2.69. The van der Waals surface area contributed by atoms with E-state index >= 15 is 0 Å². The summed E-state index contributed by atoms with van der Waals surface area (Å²) in [5.74, 6) is 0.956. The van der Waals surface area contributed by atoms with E-state index in [1.54, 1.807) is 6.07 Å². The number of hydrogen-bond acceptors (Lipinski definition) is 2. The summed E-state index contributed by atoms with van der Waals surface area (Å²) in [6.07, 6.45) is 8.26. The fourth-order valence-corrected chi connectivity index (χ4v) is 3.12. The summed E-state index contributed by atoms with van der Waals surface area (Å²) >= 11 is 5.92. The third-order valence-electron chi connectivity index (χ3n) is 4.25. The Labute approximate surface area is 121 Å².